The molecule has 2 heteroatoms. The molecule has 1 heterocycles. The molecule has 0 saturated carbocycles. The van der Waals surface area contributed by atoms with E-state index >= 15 is 0 Å². The first kappa shape index (κ1) is 12.9. The van der Waals surface area contributed by atoms with Crippen molar-refractivity contribution >= 4 is 0 Å². The number of hydrogen-bond acceptors (Lipinski definition) is 2. The normalized spacial score (nSPS) is 20.7. The minimum absolute atomic E-state index is 0.443. The second-order valence-electron chi connectivity index (χ2n) is 6.18. The first-order chi connectivity index (χ1) is 10.4. The number of para-hydroxylation sites is 1. The van der Waals surface area contributed by atoms with Gasteiger partial charge in [-0.25, -0.2) is 0 Å². The summed E-state index contributed by atoms with van der Waals surface area (Å²) in [7, 11) is 0. The molecule has 0 amide bonds. The van der Waals surface area contributed by atoms with Crippen molar-refractivity contribution in [3.8, 4) is 5.75 Å². The van der Waals surface area contributed by atoms with Crippen molar-refractivity contribution in [2.24, 2.45) is 5.92 Å². The molecule has 0 bridgehead atoms. The van der Waals surface area contributed by atoms with E-state index in [2.05, 4.69) is 53.8 Å². The fourth-order valence-corrected chi connectivity index (χ4v) is 3.66. The van der Waals surface area contributed by atoms with E-state index < -0.39 is 0 Å². The predicted molar refractivity (Wildman–Crippen MR) is 84.6 cm³/mol. The molecule has 4 rings (SSSR count). The van der Waals surface area contributed by atoms with Crippen LogP contribution in [0.15, 0.2) is 48.5 Å². The van der Waals surface area contributed by atoms with Crippen LogP contribution in [-0.4, -0.2) is 13.2 Å². The van der Waals surface area contributed by atoms with Crippen LogP contribution in [0.4, 0.5) is 0 Å². The van der Waals surface area contributed by atoms with Crippen LogP contribution in [0.5, 0.6) is 5.75 Å². The third-order valence-electron chi connectivity index (χ3n) is 4.75. The van der Waals surface area contributed by atoms with Gasteiger partial charge in [0.25, 0.3) is 0 Å². The molecule has 2 nitrogen and oxygen atoms in total. The van der Waals surface area contributed by atoms with Gasteiger partial charge in [0, 0.05) is 18.0 Å². The summed E-state index contributed by atoms with van der Waals surface area (Å²) in [6.07, 6.45) is 3.50. The molecule has 21 heavy (non-hydrogen) atoms. The second-order valence-corrected chi connectivity index (χ2v) is 6.18. The third kappa shape index (κ3) is 2.56. The minimum atomic E-state index is 0.443. The van der Waals surface area contributed by atoms with E-state index in [1.54, 1.807) is 0 Å². The Kier molecular flexibility index (Phi) is 3.40. The highest BCUT2D eigenvalue weighted by Crippen LogP contribution is 2.32. The number of hydrogen-bond donors (Lipinski definition) is 1. The molecule has 0 radical (unpaired) electrons. The van der Waals surface area contributed by atoms with Crippen LogP contribution in [0.25, 0.3) is 0 Å². The number of rotatable bonds is 3. The van der Waals surface area contributed by atoms with Crippen LogP contribution in [-0.2, 0) is 12.8 Å². The molecule has 0 fully saturated rings. The lowest BCUT2D eigenvalue weighted by molar-refractivity contribution is 0.248. The van der Waals surface area contributed by atoms with Crippen molar-refractivity contribution in [2.75, 3.05) is 13.2 Å². The van der Waals surface area contributed by atoms with Gasteiger partial charge in [-0.05, 0) is 42.5 Å². The zero-order valence-electron chi connectivity index (χ0n) is 12.2. The number of nitrogens with one attached hydrogen (secondary N) is 1. The molecule has 108 valence electrons. The van der Waals surface area contributed by atoms with Gasteiger partial charge in [-0.3, -0.25) is 0 Å². The third-order valence-corrected chi connectivity index (χ3v) is 4.75. The van der Waals surface area contributed by atoms with Gasteiger partial charge in [0.1, 0.15) is 5.75 Å². The fourth-order valence-electron chi connectivity index (χ4n) is 3.66. The van der Waals surface area contributed by atoms with E-state index in [-0.39, 0.29) is 0 Å². The smallest absolute Gasteiger partial charge is 0.124 e. The topological polar surface area (TPSA) is 21.3 Å². The molecule has 1 N–H and O–H groups in total. The Balaban J connectivity index is 1.41. The van der Waals surface area contributed by atoms with Gasteiger partial charge in [0.15, 0.2) is 0 Å². The largest absolute Gasteiger partial charge is 0.493 e. The minimum Gasteiger partial charge on any atom is -0.493 e. The Morgan fingerprint density at radius 3 is 2.48 bits per heavy atom. The number of fused-ring (bicyclic) bond motifs is 2. The molecule has 0 aromatic heterocycles. The quantitative estimate of drug-likeness (QED) is 0.928. The molecule has 1 atom stereocenters. The van der Waals surface area contributed by atoms with Crippen LogP contribution >= 0.6 is 0 Å². The predicted octanol–water partition coefficient (Wildman–Crippen LogP) is 3.51. The van der Waals surface area contributed by atoms with Gasteiger partial charge < -0.3 is 10.1 Å². The van der Waals surface area contributed by atoms with Gasteiger partial charge in [0.2, 0.25) is 0 Å². The standard InChI is InChI=1S/C19H21NO/c1-2-6-16-12-14(11-15(16)5-1)13-20-18-9-10-21-19-8-4-3-7-17(18)19/h1-8,14,18,20H,9-13H2/t18-/m0/s1. The van der Waals surface area contributed by atoms with Crippen molar-refractivity contribution in [1.82, 2.24) is 5.32 Å². The molecular weight excluding hydrogens is 258 g/mol. The Morgan fingerprint density at radius 2 is 1.67 bits per heavy atom. The fraction of sp³-hybridized carbons (Fsp3) is 0.368. The highest BCUT2D eigenvalue weighted by atomic mass is 16.5. The second kappa shape index (κ2) is 5.53. The lowest BCUT2D eigenvalue weighted by atomic mass is 9.99. The number of benzene rings is 2. The molecular formula is C19H21NO. The molecule has 0 spiro atoms. The van der Waals surface area contributed by atoms with E-state index in [1.165, 1.54) is 29.5 Å². The maximum Gasteiger partial charge on any atom is 0.124 e. The van der Waals surface area contributed by atoms with E-state index in [1.807, 2.05) is 0 Å². The van der Waals surface area contributed by atoms with E-state index in [9.17, 15) is 0 Å². The first-order valence-electron chi connectivity index (χ1n) is 7.92. The van der Waals surface area contributed by atoms with Crippen molar-refractivity contribution in [3.63, 3.8) is 0 Å². The number of ether oxygens (including phenoxy) is 1. The summed E-state index contributed by atoms with van der Waals surface area (Å²) in [4.78, 5) is 0. The van der Waals surface area contributed by atoms with E-state index in [0.717, 1.165) is 31.2 Å². The van der Waals surface area contributed by atoms with Gasteiger partial charge in [-0.1, -0.05) is 42.5 Å². The summed E-state index contributed by atoms with van der Waals surface area (Å²) in [6, 6.07) is 17.7. The van der Waals surface area contributed by atoms with Crippen molar-refractivity contribution in [1.29, 1.82) is 0 Å². The monoisotopic (exact) mass is 279 g/mol. The van der Waals surface area contributed by atoms with Crippen molar-refractivity contribution in [3.05, 3.63) is 65.2 Å². The maximum atomic E-state index is 5.74. The summed E-state index contributed by atoms with van der Waals surface area (Å²) in [5.41, 5.74) is 4.40. The zero-order valence-corrected chi connectivity index (χ0v) is 12.2. The van der Waals surface area contributed by atoms with Gasteiger partial charge in [0.05, 0.1) is 6.61 Å². The average Bonchev–Trinajstić information content (AvgIpc) is 2.96. The Labute approximate surface area is 126 Å². The Bertz CT molecular complexity index is 612. The molecule has 2 aromatic carbocycles. The van der Waals surface area contributed by atoms with Gasteiger partial charge >= 0.3 is 0 Å². The van der Waals surface area contributed by atoms with E-state index in [4.69, 9.17) is 4.74 Å². The average molecular weight is 279 g/mol. The van der Waals surface area contributed by atoms with Gasteiger partial charge in [-0.2, -0.15) is 0 Å². The molecule has 1 aliphatic heterocycles. The summed E-state index contributed by atoms with van der Waals surface area (Å²) in [6.45, 7) is 1.91. The van der Waals surface area contributed by atoms with Crippen LogP contribution < -0.4 is 10.1 Å². The summed E-state index contributed by atoms with van der Waals surface area (Å²) >= 11 is 0. The lowest BCUT2D eigenvalue weighted by Crippen LogP contribution is -2.31. The maximum absolute atomic E-state index is 5.74. The molecule has 1 aliphatic carbocycles. The summed E-state index contributed by atoms with van der Waals surface area (Å²) in [5, 5.41) is 3.77. The highest BCUT2D eigenvalue weighted by Gasteiger charge is 2.24. The lowest BCUT2D eigenvalue weighted by Gasteiger charge is -2.27. The highest BCUT2D eigenvalue weighted by molar-refractivity contribution is 5.37. The van der Waals surface area contributed by atoms with E-state index in [0.29, 0.717) is 6.04 Å². The molecule has 0 saturated heterocycles. The zero-order chi connectivity index (χ0) is 14.1. The summed E-state index contributed by atoms with van der Waals surface area (Å²) < 4.78 is 5.74. The molecule has 2 aliphatic rings. The molecule has 0 unspecified atom stereocenters. The Morgan fingerprint density at radius 1 is 0.952 bits per heavy atom. The Hall–Kier alpha value is -1.80. The van der Waals surface area contributed by atoms with Crippen molar-refractivity contribution in [2.45, 2.75) is 25.3 Å². The van der Waals surface area contributed by atoms with Crippen molar-refractivity contribution < 1.29 is 4.74 Å². The van der Waals surface area contributed by atoms with Gasteiger partial charge in [-0.15, -0.1) is 0 Å². The SMILES string of the molecule is c1ccc2c(c1)CC(CN[C@H]1CCOc3ccccc31)C2. The summed E-state index contributed by atoms with van der Waals surface area (Å²) in [5.74, 6) is 1.79. The molecule has 2 aromatic rings. The van der Waals surface area contributed by atoms with Crippen LogP contribution in [0, 0.1) is 5.92 Å². The van der Waals surface area contributed by atoms with Crippen LogP contribution in [0.2, 0.25) is 0 Å². The van der Waals surface area contributed by atoms with Crippen LogP contribution in [0.3, 0.4) is 0 Å². The first-order valence-corrected chi connectivity index (χ1v) is 7.92. The van der Waals surface area contributed by atoms with Crippen LogP contribution in [0.1, 0.15) is 29.2 Å².